The van der Waals surface area contributed by atoms with Crippen LogP contribution >= 0.6 is 0 Å². The molecule has 118 valence electrons. The van der Waals surface area contributed by atoms with Crippen molar-refractivity contribution in [2.75, 3.05) is 43.1 Å². The monoisotopic (exact) mass is 294 g/mol. The fourth-order valence-electron chi connectivity index (χ4n) is 2.30. The molecule has 1 fully saturated rings. The molecule has 1 aromatic rings. The van der Waals surface area contributed by atoms with Crippen molar-refractivity contribution in [2.24, 2.45) is 0 Å². The molecule has 2 heterocycles. The summed E-state index contributed by atoms with van der Waals surface area (Å²) in [7, 11) is 0. The van der Waals surface area contributed by atoms with Crippen LogP contribution in [0.1, 0.15) is 33.0 Å². The molecule has 0 aliphatic carbocycles. The van der Waals surface area contributed by atoms with Crippen LogP contribution in [-0.2, 0) is 16.1 Å². The molecule has 6 heteroatoms. The molecule has 1 N–H and O–H groups in total. The third kappa shape index (κ3) is 4.54. The van der Waals surface area contributed by atoms with E-state index < -0.39 is 0 Å². The molecule has 0 amide bonds. The van der Waals surface area contributed by atoms with Crippen molar-refractivity contribution in [3.05, 3.63) is 11.9 Å². The lowest BCUT2D eigenvalue weighted by Crippen LogP contribution is -2.44. The lowest BCUT2D eigenvalue weighted by molar-refractivity contribution is 0.0982. The summed E-state index contributed by atoms with van der Waals surface area (Å²) in [4.78, 5) is 11.4. The molecule has 0 saturated carbocycles. The number of nitrogens with zero attached hydrogens (tertiary/aromatic N) is 3. The quantitative estimate of drug-likeness (QED) is 0.830. The Labute approximate surface area is 126 Å². The summed E-state index contributed by atoms with van der Waals surface area (Å²) in [5.74, 6) is 2.55. The highest BCUT2D eigenvalue weighted by Gasteiger charge is 2.21. The van der Waals surface area contributed by atoms with Crippen LogP contribution in [0.15, 0.2) is 6.07 Å². The van der Waals surface area contributed by atoms with E-state index in [-0.39, 0.29) is 0 Å². The fourth-order valence-corrected chi connectivity index (χ4v) is 2.30. The number of rotatable bonds is 7. The van der Waals surface area contributed by atoms with Gasteiger partial charge in [0, 0.05) is 25.8 Å². The maximum Gasteiger partial charge on any atom is 0.158 e. The first-order valence-corrected chi connectivity index (χ1v) is 7.78. The van der Waals surface area contributed by atoms with E-state index in [1.807, 2.05) is 13.0 Å². The van der Waals surface area contributed by atoms with E-state index in [0.717, 1.165) is 50.2 Å². The molecule has 1 aliphatic heterocycles. The number of morpholine rings is 1. The van der Waals surface area contributed by atoms with Gasteiger partial charge in [-0.15, -0.1) is 0 Å². The van der Waals surface area contributed by atoms with Gasteiger partial charge in [-0.05, 0) is 20.3 Å². The highest BCUT2D eigenvalue weighted by molar-refractivity contribution is 5.50. The molecule has 6 nitrogen and oxygen atoms in total. The average Bonchev–Trinajstić information content (AvgIpc) is 2.51. The number of anilines is 2. The number of hydrogen-bond acceptors (Lipinski definition) is 6. The number of ether oxygens (including phenoxy) is 2. The SMILES string of the molecule is CCCNc1cc(N2CCOCC2C)nc(COCC)n1. The first-order valence-electron chi connectivity index (χ1n) is 7.78. The molecular weight excluding hydrogens is 268 g/mol. The van der Waals surface area contributed by atoms with Gasteiger partial charge < -0.3 is 19.7 Å². The number of nitrogens with one attached hydrogen (secondary N) is 1. The normalized spacial score (nSPS) is 18.8. The lowest BCUT2D eigenvalue weighted by atomic mass is 10.2. The first kappa shape index (κ1) is 16.0. The molecule has 0 bridgehead atoms. The van der Waals surface area contributed by atoms with Crippen LogP contribution in [-0.4, -0.2) is 48.9 Å². The lowest BCUT2D eigenvalue weighted by Gasteiger charge is -2.34. The summed E-state index contributed by atoms with van der Waals surface area (Å²) < 4.78 is 11.0. The van der Waals surface area contributed by atoms with Gasteiger partial charge >= 0.3 is 0 Å². The molecule has 0 aromatic carbocycles. The Morgan fingerprint density at radius 3 is 3.00 bits per heavy atom. The van der Waals surface area contributed by atoms with E-state index in [1.165, 1.54) is 0 Å². The molecule has 0 radical (unpaired) electrons. The second-order valence-corrected chi connectivity index (χ2v) is 5.21. The van der Waals surface area contributed by atoms with Crippen LogP contribution in [0.25, 0.3) is 0 Å². The molecule has 0 spiro atoms. The molecule has 2 rings (SSSR count). The summed E-state index contributed by atoms with van der Waals surface area (Å²) in [5, 5.41) is 3.34. The Morgan fingerprint density at radius 1 is 1.43 bits per heavy atom. The van der Waals surface area contributed by atoms with Crippen LogP contribution in [0.5, 0.6) is 0 Å². The minimum Gasteiger partial charge on any atom is -0.377 e. The van der Waals surface area contributed by atoms with Crippen LogP contribution in [0.3, 0.4) is 0 Å². The molecule has 1 saturated heterocycles. The van der Waals surface area contributed by atoms with E-state index >= 15 is 0 Å². The van der Waals surface area contributed by atoms with Crippen molar-refractivity contribution < 1.29 is 9.47 Å². The van der Waals surface area contributed by atoms with Gasteiger partial charge in [0.1, 0.15) is 18.2 Å². The number of hydrogen-bond donors (Lipinski definition) is 1. The average molecular weight is 294 g/mol. The van der Waals surface area contributed by atoms with Crippen molar-refractivity contribution in [3.63, 3.8) is 0 Å². The van der Waals surface area contributed by atoms with Gasteiger partial charge in [-0.3, -0.25) is 0 Å². The van der Waals surface area contributed by atoms with Crippen LogP contribution in [0.4, 0.5) is 11.6 Å². The molecule has 1 atom stereocenters. The van der Waals surface area contributed by atoms with Crippen LogP contribution in [0.2, 0.25) is 0 Å². The Balaban J connectivity index is 2.20. The zero-order chi connectivity index (χ0) is 15.1. The Morgan fingerprint density at radius 2 is 2.29 bits per heavy atom. The zero-order valence-electron chi connectivity index (χ0n) is 13.3. The van der Waals surface area contributed by atoms with Crippen molar-refractivity contribution in [1.29, 1.82) is 0 Å². The smallest absolute Gasteiger partial charge is 0.158 e. The van der Waals surface area contributed by atoms with Crippen molar-refractivity contribution in [1.82, 2.24) is 9.97 Å². The van der Waals surface area contributed by atoms with E-state index in [0.29, 0.717) is 19.3 Å². The standard InChI is InChI=1S/C15H26N4O2/c1-4-6-16-13-9-15(18-14(17-13)11-20-5-2)19-7-8-21-10-12(19)3/h9,12H,4-8,10-11H2,1-3H3,(H,16,17,18). The van der Waals surface area contributed by atoms with E-state index in [9.17, 15) is 0 Å². The van der Waals surface area contributed by atoms with Gasteiger partial charge in [-0.2, -0.15) is 0 Å². The predicted octanol–water partition coefficient (Wildman–Crippen LogP) is 2.06. The van der Waals surface area contributed by atoms with Gasteiger partial charge in [0.05, 0.1) is 19.3 Å². The zero-order valence-corrected chi connectivity index (χ0v) is 13.3. The molecule has 1 aromatic heterocycles. The van der Waals surface area contributed by atoms with E-state index in [2.05, 4.69) is 34.0 Å². The van der Waals surface area contributed by atoms with Gasteiger partial charge in [-0.25, -0.2) is 9.97 Å². The van der Waals surface area contributed by atoms with Gasteiger partial charge in [0.25, 0.3) is 0 Å². The molecular formula is C15H26N4O2. The minimum absolute atomic E-state index is 0.326. The summed E-state index contributed by atoms with van der Waals surface area (Å²) in [6.45, 7) is 10.6. The highest BCUT2D eigenvalue weighted by Crippen LogP contribution is 2.20. The second kappa shape index (κ2) is 8.14. The minimum atomic E-state index is 0.326. The van der Waals surface area contributed by atoms with Gasteiger partial charge in [0.2, 0.25) is 0 Å². The Bertz CT molecular complexity index is 415. The molecule has 1 unspecified atom stereocenters. The summed E-state index contributed by atoms with van der Waals surface area (Å²) in [6.07, 6.45) is 1.06. The molecule has 21 heavy (non-hydrogen) atoms. The summed E-state index contributed by atoms with van der Waals surface area (Å²) >= 11 is 0. The van der Waals surface area contributed by atoms with Crippen molar-refractivity contribution >= 4 is 11.6 Å². The maximum absolute atomic E-state index is 5.50. The third-order valence-corrected chi connectivity index (χ3v) is 3.41. The van der Waals surface area contributed by atoms with Crippen molar-refractivity contribution in [3.8, 4) is 0 Å². The highest BCUT2D eigenvalue weighted by atomic mass is 16.5. The first-order chi connectivity index (χ1) is 10.2. The van der Waals surface area contributed by atoms with Crippen molar-refractivity contribution in [2.45, 2.75) is 39.8 Å². The van der Waals surface area contributed by atoms with E-state index in [1.54, 1.807) is 0 Å². The predicted molar refractivity (Wildman–Crippen MR) is 83.8 cm³/mol. The van der Waals surface area contributed by atoms with E-state index in [4.69, 9.17) is 9.47 Å². The van der Waals surface area contributed by atoms with Crippen LogP contribution < -0.4 is 10.2 Å². The maximum atomic E-state index is 5.50. The Kier molecular flexibility index (Phi) is 6.20. The van der Waals surface area contributed by atoms with Gasteiger partial charge in [-0.1, -0.05) is 6.92 Å². The second-order valence-electron chi connectivity index (χ2n) is 5.21. The largest absolute Gasteiger partial charge is 0.377 e. The summed E-state index contributed by atoms with van der Waals surface area (Å²) in [5.41, 5.74) is 0. The summed E-state index contributed by atoms with van der Waals surface area (Å²) in [6, 6.07) is 2.35. The topological polar surface area (TPSA) is 59.5 Å². The van der Waals surface area contributed by atoms with Crippen LogP contribution in [0, 0.1) is 0 Å². The fraction of sp³-hybridized carbons (Fsp3) is 0.733. The number of aromatic nitrogens is 2. The van der Waals surface area contributed by atoms with Gasteiger partial charge in [0.15, 0.2) is 5.82 Å². The third-order valence-electron chi connectivity index (χ3n) is 3.41. The molecule has 1 aliphatic rings. The Hall–Kier alpha value is -1.40.